The maximum absolute atomic E-state index is 12.6. The standard InChI is InChI=1S/C23H26N4O3S/c1-4-27(5-2)31(29,30)21-13-11-18(12-14-21)17(3)26-23(28)20-15-24-22(25-16-20)19-9-7-6-8-10-19/h6-17H,4-5H2,1-3H3,(H,26,28). The molecule has 0 spiro atoms. The predicted octanol–water partition coefficient (Wildman–Crippen LogP) is 3.67. The van der Waals surface area contributed by atoms with Crippen LogP contribution in [0.1, 0.15) is 42.7 Å². The summed E-state index contributed by atoms with van der Waals surface area (Å²) in [6, 6.07) is 15.8. The predicted molar refractivity (Wildman–Crippen MR) is 120 cm³/mol. The summed E-state index contributed by atoms with van der Waals surface area (Å²) in [6.45, 7) is 6.29. The van der Waals surface area contributed by atoms with E-state index in [4.69, 9.17) is 0 Å². The first kappa shape index (κ1) is 22.6. The van der Waals surface area contributed by atoms with E-state index in [1.54, 1.807) is 24.3 Å². The number of benzene rings is 2. The van der Waals surface area contributed by atoms with Crippen molar-refractivity contribution >= 4 is 15.9 Å². The number of amides is 1. The Morgan fingerprint density at radius 1 is 0.968 bits per heavy atom. The average molecular weight is 439 g/mol. The van der Waals surface area contributed by atoms with E-state index in [1.807, 2.05) is 51.1 Å². The number of nitrogens with one attached hydrogen (secondary N) is 1. The zero-order chi connectivity index (χ0) is 22.4. The van der Waals surface area contributed by atoms with Gasteiger partial charge in [-0.2, -0.15) is 4.31 Å². The normalized spacial score (nSPS) is 12.5. The molecule has 8 heteroatoms. The monoisotopic (exact) mass is 438 g/mol. The van der Waals surface area contributed by atoms with Crippen molar-refractivity contribution < 1.29 is 13.2 Å². The largest absolute Gasteiger partial charge is 0.345 e. The lowest BCUT2D eigenvalue weighted by Crippen LogP contribution is -2.30. The van der Waals surface area contributed by atoms with Crippen LogP contribution in [0.2, 0.25) is 0 Å². The Balaban J connectivity index is 1.68. The molecule has 162 valence electrons. The first-order valence-electron chi connectivity index (χ1n) is 10.1. The van der Waals surface area contributed by atoms with Crippen LogP contribution in [0.25, 0.3) is 11.4 Å². The van der Waals surface area contributed by atoms with Gasteiger partial charge in [0.2, 0.25) is 10.0 Å². The maximum Gasteiger partial charge on any atom is 0.254 e. The molecule has 0 radical (unpaired) electrons. The minimum Gasteiger partial charge on any atom is -0.345 e. The molecule has 1 atom stereocenters. The molecule has 0 fully saturated rings. The molecule has 1 N–H and O–H groups in total. The number of hydrogen-bond acceptors (Lipinski definition) is 5. The van der Waals surface area contributed by atoms with Gasteiger partial charge in [0.15, 0.2) is 5.82 Å². The average Bonchev–Trinajstić information content (AvgIpc) is 2.80. The molecule has 7 nitrogen and oxygen atoms in total. The summed E-state index contributed by atoms with van der Waals surface area (Å²) in [7, 11) is -3.51. The number of hydrogen-bond donors (Lipinski definition) is 1. The van der Waals surface area contributed by atoms with E-state index >= 15 is 0 Å². The summed E-state index contributed by atoms with van der Waals surface area (Å²) < 4.78 is 26.6. The highest BCUT2D eigenvalue weighted by Crippen LogP contribution is 2.20. The van der Waals surface area contributed by atoms with Crippen LogP contribution in [0.4, 0.5) is 0 Å². The van der Waals surface area contributed by atoms with Crippen LogP contribution in [-0.2, 0) is 10.0 Å². The fourth-order valence-corrected chi connectivity index (χ4v) is 4.64. The molecule has 0 aliphatic heterocycles. The van der Waals surface area contributed by atoms with Gasteiger partial charge in [-0.1, -0.05) is 56.3 Å². The third-order valence-electron chi connectivity index (χ3n) is 5.02. The lowest BCUT2D eigenvalue weighted by molar-refractivity contribution is 0.0939. The molecule has 3 aromatic rings. The highest BCUT2D eigenvalue weighted by atomic mass is 32.2. The molecule has 2 aromatic carbocycles. The maximum atomic E-state index is 12.6. The van der Waals surface area contributed by atoms with Crippen molar-refractivity contribution in [1.29, 1.82) is 0 Å². The molecule has 0 bridgehead atoms. The molecule has 31 heavy (non-hydrogen) atoms. The molecule has 1 aromatic heterocycles. The zero-order valence-corrected chi connectivity index (χ0v) is 18.6. The number of rotatable bonds is 8. The quantitative estimate of drug-likeness (QED) is 0.579. The van der Waals surface area contributed by atoms with E-state index in [2.05, 4.69) is 15.3 Å². The Bertz CT molecular complexity index is 1110. The molecule has 1 heterocycles. The van der Waals surface area contributed by atoms with Gasteiger partial charge in [-0.15, -0.1) is 0 Å². The van der Waals surface area contributed by atoms with Gasteiger partial charge < -0.3 is 5.32 Å². The SMILES string of the molecule is CCN(CC)S(=O)(=O)c1ccc(C(C)NC(=O)c2cnc(-c3ccccc3)nc2)cc1. The van der Waals surface area contributed by atoms with Crippen LogP contribution in [0.3, 0.4) is 0 Å². The van der Waals surface area contributed by atoms with E-state index in [1.165, 1.54) is 16.7 Å². The molecule has 1 unspecified atom stereocenters. The molecule has 3 rings (SSSR count). The summed E-state index contributed by atoms with van der Waals surface area (Å²) in [4.78, 5) is 21.4. The van der Waals surface area contributed by atoms with E-state index in [0.29, 0.717) is 24.5 Å². The second-order valence-electron chi connectivity index (χ2n) is 7.01. The third-order valence-corrected chi connectivity index (χ3v) is 7.08. The van der Waals surface area contributed by atoms with E-state index in [9.17, 15) is 13.2 Å². The fourth-order valence-electron chi connectivity index (χ4n) is 3.19. The minimum atomic E-state index is -3.51. The zero-order valence-electron chi connectivity index (χ0n) is 17.8. The number of nitrogens with zero attached hydrogens (tertiary/aromatic N) is 3. The van der Waals surface area contributed by atoms with Gasteiger partial charge in [0, 0.05) is 31.0 Å². The molecular formula is C23H26N4O3S. The first-order chi connectivity index (χ1) is 14.9. The minimum absolute atomic E-state index is 0.239. The van der Waals surface area contributed by atoms with Gasteiger partial charge >= 0.3 is 0 Å². The Labute approximate surface area is 183 Å². The third kappa shape index (κ3) is 5.15. The summed E-state index contributed by atoms with van der Waals surface area (Å²) in [6.07, 6.45) is 2.99. The number of carbonyl (C=O) groups excluding carboxylic acids is 1. The van der Waals surface area contributed by atoms with Crippen LogP contribution in [0.5, 0.6) is 0 Å². The first-order valence-corrected chi connectivity index (χ1v) is 11.6. The number of carbonyl (C=O) groups is 1. The Morgan fingerprint density at radius 3 is 2.10 bits per heavy atom. The molecule has 0 aliphatic rings. The number of aromatic nitrogens is 2. The van der Waals surface area contributed by atoms with E-state index in [-0.39, 0.29) is 16.8 Å². The topological polar surface area (TPSA) is 92.3 Å². The molecular weight excluding hydrogens is 412 g/mol. The second kappa shape index (κ2) is 9.80. The van der Waals surface area contributed by atoms with Gasteiger partial charge in [-0.25, -0.2) is 18.4 Å². The smallest absolute Gasteiger partial charge is 0.254 e. The van der Waals surface area contributed by atoms with Crippen LogP contribution < -0.4 is 5.32 Å². The van der Waals surface area contributed by atoms with Gasteiger partial charge in [0.1, 0.15) is 0 Å². The summed E-state index contributed by atoms with van der Waals surface area (Å²) in [5, 5.41) is 2.90. The summed E-state index contributed by atoms with van der Waals surface area (Å²) in [5.41, 5.74) is 2.03. The van der Waals surface area contributed by atoms with Crippen molar-refractivity contribution in [3.8, 4) is 11.4 Å². The Hall–Kier alpha value is -3.10. The fraction of sp³-hybridized carbons (Fsp3) is 0.261. The highest BCUT2D eigenvalue weighted by Gasteiger charge is 2.22. The summed E-state index contributed by atoms with van der Waals surface area (Å²) >= 11 is 0. The summed E-state index contributed by atoms with van der Waals surface area (Å²) in [5.74, 6) is 0.252. The molecule has 0 saturated heterocycles. The molecule has 1 amide bonds. The number of sulfonamides is 1. The van der Waals surface area contributed by atoms with Gasteiger partial charge in [-0.05, 0) is 24.6 Å². The van der Waals surface area contributed by atoms with Crippen molar-refractivity contribution in [3.05, 3.63) is 78.1 Å². The van der Waals surface area contributed by atoms with Crippen molar-refractivity contribution in [1.82, 2.24) is 19.6 Å². The van der Waals surface area contributed by atoms with Gasteiger partial charge in [0.25, 0.3) is 5.91 Å². The lowest BCUT2D eigenvalue weighted by Gasteiger charge is -2.19. The van der Waals surface area contributed by atoms with Crippen LogP contribution >= 0.6 is 0 Å². The van der Waals surface area contributed by atoms with Gasteiger partial charge in [-0.3, -0.25) is 4.79 Å². The van der Waals surface area contributed by atoms with E-state index in [0.717, 1.165) is 11.1 Å². The molecule has 0 saturated carbocycles. The van der Waals surface area contributed by atoms with Crippen LogP contribution in [-0.4, -0.2) is 41.7 Å². The van der Waals surface area contributed by atoms with Crippen molar-refractivity contribution in [3.63, 3.8) is 0 Å². The van der Waals surface area contributed by atoms with Crippen molar-refractivity contribution in [2.24, 2.45) is 0 Å². The van der Waals surface area contributed by atoms with Crippen LogP contribution in [0.15, 0.2) is 71.9 Å². The van der Waals surface area contributed by atoms with E-state index < -0.39 is 10.0 Å². The van der Waals surface area contributed by atoms with Crippen molar-refractivity contribution in [2.45, 2.75) is 31.7 Å². The Kier molecular flexibility index (Phi) is 7.14. The highest BCUT2D eigenvalue weighted by molar-refractivity contribution is 7.89. The molecule has 0 aliphatic carbocycles. The second-order valence-corrected chi connectivity index (χ2v) is 8.95. The lowest BCUT2D eigenvalue weighted by atomic mass is 10.1. The van der Waals surface area contributed by atoms with Gasteiger partial charge in [0.05, 0.1) is 16.5 Å². The van der Waals surface area contributed by atoms with Crippen LogP contribution in [0, 0.1) is 0 Å². The van der Waals surface area contributed by atoms with Crippen molar-refractivity contribution in [2.75, 3.05) is 13.1 Å². The Morgan fingerprint density at radius 2 is 1.55 bits per heavy atom.